The Morgan fingerprint density at radius 2 is 1.26 bits per heavy atom. The first-order chi connectivity index (χ1) is 13.3. The Hall–Kier alpha value is -3.12. The summed E-state index contributed by atoms with van der Waals surface area (Å²) in [7, 11) is 0. The van der Waals surface area contributed by atoms with Crippen LogP contribution in [0.15, 0.2) is 126 Å². The highest BCUT2D eigenvalue weighted by molar-refractivity contribution is 5.76. The smallest absolute Gasteiger partial charge is 0.0151 e. The minimum Gasteiger partial charge on any atom is -0.0807 e. The lowest BCUT2D eigenvalue weighted by molar-refractivity contribution is 1.36. The lowest BCUT2D eigenvalue weighted by atomic mass is 10.0. The average Bonchev–Trinajstić information content (AvgIpc) is 3.13. The Kier molecular flexibility index (Phi) is 7.00. The summed E-state index contributed by atoms with van der Waals surface area (Å²) in [5, 5.41) is 0. The van der Waals surface area contributed by atoms with E-state index in [0.717, 1.165) is 12.8 Å². The summed E-state index contributed by atoms with van der Waals surface area (Å²) in [6.07, 6.45) is 21.9. The van der Waals surface area contributed by atoms with Gasteiger partial charge in [0.15, 0.2) is 0 Å². The van der Waals surface area contributed by atoms with Crippen LogP contribution in [0.3, 0.4) is 0 Å². The Labute approximate surface area is 163 Å². The molecule has 4 rings (SSSR count). The van der Waals surface area contributed by atoms with Gasteiger partial charge in [0, 0.05) is 0 Å². The molecule has 0 radical (unpaired) electrons. The molecule has 2 aliphatic carbocycles. The van der Waals surface area contributed by atoms with Crippen LogP contribution >= 0.6 is 0 Å². The van der Waals surface area contributed by atoms with Crippen molar-refractivity contribution in [2.45, 2.75) is 19.8 Å². The van der Waals surface area contributed by atoms with Gasteiger partial charge in [-0.05, 0) is 42.0 Å². The van der Waals surface area contributed by atoms with Gasteiger partial charge >= 0.3 is 0 Å². The first kappa shape index (κ1) is 18.7. The van der Waals surface area contributed by atoms with E-state index >= 15 is 0 Å². The molecule has 0 atom stereocenters. The van der Waals surface area contributed by atoms with Gasteiger partial charge in [-0.3, -0.25) is 0 Å². The topological polar surface area (TPSA) is 0 Å². The van der Waals surface area contributed by atoms with E-state index in [-0.39, 0.29) is 0 Å². The number of rotatable bonds is 2. The van der Waals surface area contributed by atoms with Crippen LogP contribution in [0.25, 0.3) is 5.57 Å². The van der Waals surface area contributed by atoms with E-state index < -0.39 is 0 Å². The highest BCUT2D eigenvalue weighted by Crippen LogP contribution is 2.24. The van der Waals surface area contributed by atoms with Gasteiger partial charge in [0.25, 0.3) is 0 Å². The van der Waals surface area contributed by atoms with Crippen LogP contribution in [-0.4, -0.2) is 0 Å². The molecule has 0 heteroatoms. The molecular formula is C27H26. The zero-order chi connectivity index (χ0) is 18.7. The Balaban J connectivity index is 0.000000253. The second-order valence-electron chi connectivity index (χ2n) is 6.60. The molecule has 0 nitrogen and oxygen atoms in total. The van der Waals surface area contributed by atoms with Gasteiger partial charge in [-0.1, -0.05) is 121 Å². The summed E-state index contributed by atoms with van der Waals surface area (Å²) in [5.74, 6) is 0. The van der Waals surface area contributed by atoms with Gasteiger partial charge in [0.05, 0.1) is 0 Å². The maximum absolute atomic E-state index is 2.29. The molecule has 2 aromatic rings. The maximum Gasteiger partial charge on any atom is -0.0151 e. The van der Waals surface area contributed by atoms with Crippen LogP contribution in [0, 0.1) is 6.92 Å². The lowest BCUT2D eigenvalue weighted by Crippen LogP contribution is -1.82. The van der Waals surface area contributed by atoms with Crippen molar-refractivity contribution in [3.63, 3.8) is 0 Å². The van der Waals surface area contributed by atoms with Gasteiger partial charge < -0.3 is 0 Å². The molecule has 0 amide bonds. The molecule has 0 fully saturated rings. The summed E-state index contributed by atoms with van der Waals surface area (Å²) in [5.41, 5.74) is 6.49. The molecule has 0 unspecified atom stereocenters. The second kappa shape index (κ2) is 10.1. The molecule has 0 aliphatic heterocycles. The van der Waals surface area contributed by atoms with Crippen LogP contribution in [0.4, 0.5) is 0 Å². The predicted molar refractivity (Wildman–Crippen MR) is 118 cm³/mol. The van der Waals surface area contributed by atoms with Gasteiger partial charge in [0.1, 0.15) is 0 Å². The van der Waals surface area contributed by atoms with Crippen LogP contribution in [0.1, 0.15) is 24.0 Å². The normalized spacial score (nSPS) is 15.5. The molecule has 0 spiro atoms. The van der Waals surface area contributed by atoms with Crippen molar-refractivity contribution < 1.29 is 0 Å². The molecule has 27 heavy (non-hydrogen) atoms. The molecule has 0 N–H and O–H groups in total. The van der Waals surface area contributed by atoms with Crippen molar-refractivity contribution in [1.29, 1.82) is 0 Å². The van der Waals surface area contributed by atoms with Crippen LogP contribution in [0.2, 0.25) is 0 Å². The highest BCUT2D eigenvalue weighted by Gasteiger charge is 2.04. The minimum absolute atomic E-state index is 0.974. The fraction of sp³-hybridized carbons (Fsp3) is 0.111. The molecular weight excluding hydrogens is 324 g/mol. The van der Waals surface area contributed by atoms with E-state index in [1.54, 1.807) is 0 Å². The zero-order valence-electron chi connectivity index (χ0n) is 15.9. The van der Waals surface area contributed by atoms with E-state index in [1.165, 1.54) is 27.8 Å². The van der Waals surface area contributed by atoms with Gasteiger partial charge in [-0.15, -0.1) is 0 Å². The van der Waals surface area contributed by atoms with Crippen molar-refractivity contribution in [1.82, 2.24) is 0 Å². The van der Waals surface area contributed by atoms with Crippen molar-refractivity contribution in [2.24, 2.45) is 0 Å². The lowest BCUT2D eigenvalue weighted by Gasteiger charge is -2.02. The van der Waals surface area contributed by atoms with E-state index in [2.05, 4.69) is 104 Å². The van der Waals surface area contributed by atoms with Gasteiger partial charge in [-0.25, -0.2) is 0 Å². The van der Waals surface area contributed by atoms with Crippen molar-refractivity contribution in [2.75, 3.05) is 0 Å². The van der Waals surface area contributed by atoms with Gasteiger partial charge in [0.2, 0.25) is 0 Å². The molecule has 0 saturated carbocycles. The third-order valence-electron chi connectivity index (χ3n) is 4.48. The van der Waals surface area contributed by atoms with Crippen molar-refractivity contribution in [3.05, 3.63) is 138 Å². The van der Waals surface area contributed by atoms with E-state index in [0.29, 0.717) is 0 Å². The largest absolute Gasteiger partial charge is 0.0807 e. The molecule has 0 aromatic heterocycles. The van der Waals surface area contributed by atoms with Crippen molar-refractivity contribution >= 4 is 5.57 Å². The minimum atomic E-state index is 0.974. The number of benzene rings is 2. The van der Waals surface area contributed by atoms with Crippen LogP contribution in [-0.2, 0) is 0 Å². The third-order valence-corrected chi connectivity index (χ3v) is 4.48. The first-order valence-electron chi connectivity index (χ1n) is 9.52. The zero-order valence-corrected chi connectivity index (χ0v) is 15.9. The van der Waals surface area contributed by atoms with Crippen LogP contribution in [0.5, 0.6) is 0 Å². The molecule has 0 saturated heterocycles. The maximum atomic E-state index is 2.29. The van der Waals surface area contributed by atoms with E-state index in [9.17, 15) is 0 Å². The van der Waals surface area contributed by atoms with Crippen LogP contribution < -0.4 is 0 Å². The third kappa shape index (κ3) is 5.97. The van der Waals surface area contributed by atoms with E-state index in [4.69, 9.17) is 0 Å². The summed E-state index contributed by atoms with van der Waals surface area (Å²) in [4.78, 5) is 0. The summed E-state index contributed by atoms with van der Waals surface area (Å²) in [6, 6.07) is 20.8. The Bertz CT molecular complexity index is 901. The SMILES string of the molecule is C1=CCC=CC(C2=CCC=C(c3ccccc3)C=C2)=C1.Cc1ccccc1. The first-order valence-corrected chi connectivity index (χ1v) is 9.52. The molecule has 0 heterocycles. The molecule has 134 valence electrons. The standard InChI is InChI=1S/C20H18.C7H8/c1-2-5-10-17(9-4-1)19-13-8-14-20(16-15-19)18-11-6-3-7-12-18;1-7-5-3-2-4-6-7/h1,3-7,9-16H,2,8H2;2-6H,1H3. The van der Waals surface area contributed by atoms with E-state index in [1.807, 2.05) is 18.2 Å². The number of hydrogen-bond acceptors (Lipinski definition) is 0. The second-order valence-corrected chi connectivity index (χ2v) is 6.60. The summed E-state index contributed by atoms with van der Waals surface area (Å²) < 4.78 is 0. The molecule has 2 aliphatic rings. The number of aryl methyl sites for hydroxylation is 1. The Morgan fingerprint density at radius 1 is 0.593 bits per heavy atom. The average molecular weight is 351 g/mol. The van der Waals surface area contributed by atoms with Gasteiger partial charge in [-0.2, -0.15) is 0 Å². The number of hydrogen-bond donors (Lipinski definition) is 0. The quantitative estimate of drug-likeness (QED) is 0.529. The molecule has 0 bridgehead atoms. The monoisotopic (exact) mass is 350 g/mol. The highest BCUT2D eigenvalue weighted by atomic mass is 14.1. The predicted octanol–water partition coefficient (Wildman–Crippen LogP) is 7.39. The van der Waals surface area contributed by atoms with Crippen molar-refractivity contribution in [3.8, 4) is 0 Å². The summed E-state index contributed by atoms with van der Waals surface area (Å²) >= 11 is 0. The Morgan fingerprint density at radius 3 is 1.96 bits per heavy atom. The summed E-state index contributed by atoms with van der Waals surface area (Å²) in [6.45, 7) is 2.08. The molecule has 2 aromatic carbocycles. The fourth-order valence-electron chi connectivity index (χ4n) is 2.99. The number of allylic oxidation sites excluding steroid dienone is 12. The fourth-order valence-corrected chi connectivity index (χ4v) is 2.99.